The number of halogens is 2. The summed E-state index contributed by atoms with van der Waals surface area (Å²) < 4.78 is 32.6. The lowest BCUT2D eigenvalue weighted by atomic mass is 10.1. The summed E-state index contributed by atoms with van der Waals surface area (Å²) in [7, 11) is 0. The third kappa shape index (κ3) is 2.09. The number of aromatic nitrogens is 4. The molecule has 1 aliphatic heterocycles. The Morgan fingerprint density at radius 3 is 2.64 bits per heavy atom. The van der Waals surface area contributed by atoms with Crippen LogP contribution in [-0.2, 0) is 4.74 Å². The first-order chi connectivity index (χ1) is 10.5. The molecule has 3 rings (SSSR count). The van der Waals surface area contributed by atoms with Gasteiger partial charge in [0.2, 0.25) is 0 Å². The minimum absolute atomic E-state index is 0.0577. The minimum Gasteiger partial charge on any atom is -0.394 e. The van der Waals surface area contributed by atoms with E-state index in [1.54, 1.807) is 0 Å². The molecule has 9 nitrogen and oxygen atoms in total. The van der Waals surface area contributed by atoms with Crippen molar-refractivity contribution >= 4 is 17.0 Å². The standard InChI is InChI=1S/C11H13F2N5O4/c12-7(13)10-17-4-8(14)15-2-16-9(4)18(10)11-6(21)5(20)3(1-19)22-11/h2-3,5-7,11,19-21H,1H2,(H2,14,15,16)/t3-,5-,6-,11-/m1/s1/i12-1/t3-,5-,6-,7?,11-. The molecule has 1 fully saturated rings. The highest BCUT2D eigenvalue weighted by molar-refractivity contribution is 5.82. The van der Waals surface area contributed by atoms with Crippen molar-refractivity contribution in [2.45, 2.75) is 31.0 Å². The van der Waals surface area contributed by atoms with E-state index < -0.39 is 43.4 Å². The summed E-state index contributed by atoms with van der Waals surface area (Å²) in [6, 6.07) is 0. The van der Waals surface area contributed by atoms with Gasteiger partial charge in [-0.25, -0.2) is 23.7 Å². The van der Waals surface area contributed by atoms with Crippen molar-refractivity contribution in [1.29, 1.82) is 0 Å². The fourth-order valence-corrected chi connectivity index (χ4v) is 2.44. The molecular weight excluding hydrogens is 303 g/mol. The summed E-state index contributed by atoms with van der Waals surface area (Å²) >= 11 is 0. The molecule has 120 valence electrons. The lowest BCUT2D eigenvalue weighted by Crippen LogP contribution is -2.33. The van der Waals surface area contributed by atoms with Gasteiger partial charge in [0.1, 0.15) is 24.6 Å². The van der Waals surface area contributed by atoms with E-state index >= 15 is 0 Å². The molecule has 5 atom stereocenters. The molecule has 5 N–H and O–H groups in total. The zero-order valence-electron chi connectivity index (χ0n) is 11.0. The summed E-state index contributed by atoms with van der Waals surface area (Å²) in [4.78, 5) is 11.2. The summed E-state index contributed by atoms with van der Waals surface area (Å²) in [5.74, 6) is -0.825. The molecule has 0 aromatic carbocycles. The molecule has 0 spiro atoms. The van der Waals surface area contributed by atoms with Crippen LogP contribution in [0.3, 0.4) is 0 Å². The largest absolute Gasteiger partial charge is 0.394 e. The van der Waals surface area contributed by atoms with E-state index in [1.165, 1.54) is 0 Å². The van der Waals surface area contributed by atoms with Crippen LogP contribution >= 0.6 is 0 Å². The molecule has 2 aromatic heterocycles. The van der Waals surface area contributed by atoms with Gasteiger partial charge in [-0.05, 0) is 0 Å². The normalized spacial score (nSPS) is 30.0. The van der Waals surface area contributed by atoms with Crippen molar-refractivity contribution in [3.8, 4) is 0 Å². The van der Waals surface area contributed by atoms with Crippen LogP contribution in [0.2, 0.25) is 0 Å². The highest BCUT2D eigenvalue weighted by atomic mass is 19.2. The van der Waals surface area contributed by atoms with Gasteiger partial charge in [0.15, 0.2) is 29.0 Å². The van der Waals surface area contributed by atoms with Crippen molar-refractivity contribution in [1.82, 2.24) is 19.5 Å². The number of alkyl halides is 2. The Labute approximate surface area is 122 Å². The maximum atomic E-state index is 13.2. The summed E-state index contributed by atoms with van der Waals surface area (Å²) in [6.45, 7) is -0.581. The van der Waals surface area contributed by atoms with Crippen LogP contribution in [0.1, 0.15) is 18.5 Å². The number of ether oxygens (including phenoxy) is 1. The summed E-state index contributed by atoms with van der Waals surface area (Å²) in [5.41, 5.74) is 5.47. The Kier molecular flexibility index (Phi) is 3.64. The van der Waals surface area contributed by atoms with Crippen LogP contribution in [0.15, 0.2) is 6.33 Å². The fourth-order valence-electron chi connectivity index (χ4n) is 2.44. The maximum Gasteiger partial charge on any atom is 0.295 e. The van der Waals surface area contributed by atoms with Crippen LogP contribution in [-0.4, -0.2) is 59.8 Å². The number of anilines is 1. The number of fused-ring (bicyclic) bond motifs is 1. The monoisotopic (exact) mass is 316 g/mol. The molecule has 1 saturated heterocycles. The van der Waals surface area contributed by atoms with Crippen molar-refractivity contribution in [2.24, 2.45) is 0 Å². The van der Waals surface area contributed by atoms with Gasteiger partial charge >= 0.3 is 0 Å². The van der Waals surface area contributed by atoms with Crippen molar-refractivity contribution in [3.63, 3.8) is 0 Å². The molecule has 0 aliphatic carbocycles. The Bertz CT molecular complexity index is 696. The van der Waals surface area contributed by atoms with Crippen LogP contribution < -0.4 is 5.73 Å². The molecule has 22 heavy (non-hydrogen) atoms. The zero-order chi connectivity index (χ0) is 16.0. The van der Waals surface area contributed by atoms with Crippen molar-refractivity contribution in [2.75, 3.05) is 12.3 Å². The van der Waals surface area contributed by atoms with Gasteiger partial charge in [0.25, 0.3) is 6.43 Å². The Morgan fingerprint density at radius 2 is 2.05 bits per heavy atom. The number of nitrogen functional groups attached to an aromatic ring is 1. The highest BCUT2D eigenvalue weighted by Crippen LogP contribution is 2.35. The average Bonchev–Trinajstić information content (AvgIpc) is 3.00. The van der Waals surface area contributed by atoms with Crippen LogP contribution in [0.4, 0.5) is 14.6 Å². The van der Waals surface area contributed by atoms with Gasteiger partial charge in [-0.2, -0.15) is 0 Å². The molecule has 0 amide bonds. The number of rotatable bonds is 3. The topological polar surface area (TPSA) is 140 Å². The maximum absolute atomic E-state index is 13.2. The number of hydrogen-bond donors (Lipinski definition) is 4. The van der Waals surface area contributed by atoms with Crippen LogP contribution in [0.25, 0.3) is 11.2 Å². The van der Waals surface area contributed by atoms with E-state index in [0.717, 1.165) is 10.9 Å². The number of aliphatic hydroxyl groups is 3. The second-order valence-corrected chi connectivity index (χ2v) is 4.80. The van der Waals surface area contributed by atoms with Gasteiger partial charge in [-0.1, -0.05) is 0 Å². The van der Waals surface area contributed by atoms with E-state index in [9.17, 15) is 19.0 Å². The van der Waals surface area contributed by atoms with Gasteiger partial charge in [0, 0.05) is 0 Å². The van der Waals surface area contributed by atoms with E-state index in [1.807, 2.05) is 0 Å². The molecule has 2 aromatic rings. The predicted molar refractivity (Wildman–Crippen MR) is 67.7 cm³/mol. The van der Waals surface area contributed by atoms with E-state index in [2.05, 4.69) is 15.0 Å². The molecule has 0 saturated carbocycles. The molecule has 0 radical (unpaired) electrons. The number of aliphatic hydroxyl groups excluding tert-OH is 3. The predicted octanol–water partition coefficient (Wildman–Crippen LogP) is -1.04. The number of hydrogen-bond acceptors (Lipinski definition) is 8. The minimum atomic E-state index is -2.99. The first-order valence-corrected chi connectivity index (χ1v) is 6.34. The van der Waals surface area contributed by atoms with Gasteiger partial charge in [-0.3, -0.25) is 4.57 Å². The van der Waals surface area contributed by atoms with Crippen molar-refractivity contribution < 1.29 is 28.8 Å². The van der Waals surface area contributed by atoms with Gasteiger partial charge < -0.3 is 25.8 Å². The zero-order valence-corrected chi connectivity index (χ0v) is 11.0. The average molecular weight is 316 g/mol. The number of nitrogens with two attached hydrogens (primary N) is 1. The third-order valence-corrected chi connectivity index (χ3v) is 3.50. The quantitative estimate of drug-likeness (QED) is 0.563. The third-order valence-electron chi connectivity index (χ3n) is 3.50. The Hall–Kier alpha value is -1.95. The molecule has 0 bridgehead atoms. The molecule has 1 aliphatic rings. The SMILES string of the molecule is Nc1ncnc2c1nc(C(F)[18F])n2[C@@H]1O[C@H](CO)[C@@H](O)[C@H]1O. The Morgan fingerprint density at radius 1 is 1.32 bits per heavy atom. The molecule has 3 heterocycles. The Balaban J connectivity index is 2.17. The second-order valence-electron chi connectivity index (χ2n) is 4.80. The lowest BCUT2D eigenvalue weighted by molar-refractivity contribution is -0.0556. The first-order valence-electron chi connectivity index (χ1n) is 6.34. The smallest absolute Gasteiger partial charge is 0.295 e. The van der Waals surface area contributed by atoms with Crippen molar-refractivity contribution in [3.05, 3.63) is 12.2 Å². The first kappa shape index (κ1) is 15.0. The second kappa shape index (κ2) is 5.35. The summed E-state index contributed by atoms with van der Waals surface area (Å²) in [6.07, 6.45) is -7.39. The molecule has 11 heteroatoms. The highest BCUT2D eigenvalue weighted by Gasteiger charge is 2.45. The van der Waals surface area contributed by atoms with Crippen LogP contribution in [0, 0.1) is 0 Å². The fraction of sp³-hybridized carbons (Fsp3) is 0.545. The van der Waals surface area contributed by atoms with Crippen LogP contribution in [0.5, 0.6) is 0 Å². The van der Waals surface area contributed by atoms with E-state index in [0.29, 0.717) is 0 Å². The van der Waals surface area contributed by atoms with Gasteiger partial charge in [-0.15, -0.1) is 0 Å². The summed E-state index contributed by atoms with van der Waals surface area (Å²) in [5, 5.41) is 28.9. The number of nitrogens with zero attached hydrogens (tertiary/aromatic N) is 4. The lowest BCUT2D eigenvalue weighted by Gasteiger charge is -2.19. The molecule has 1 unspecified atom stereocenters. The van der Waals surface area contributed by atoms with Gasteiger partial charge in [0.05, 0.1) is 6.61 Å². The number of imidazole rings is 1. The molecular formula is C11H13F2N5O4. The van der Waals surface area contributed by atoms with E-state index in [4.69, 9.17) is 15.6 Å². The van der Waals surface area contributed by atoms with E-state index in [-0.39, 0.29) is 17.0 Å².